The molecule has 298 valence electrons. The zero-order chi connectivity index (χ0) is 40.2. The molecule has 3 aliphatic heterocycles. The average Bonchev–Trinajstić information content (AvgIpc) is 3.76. The monoisotopic (exact) mass is 810 g/mol. The van der Waals surface area contributed by atoms with Crippen LogP contribution >= 0.6 is 22.9 Å². The largest absolute Gasteiger partial charge is 0.493 e. The van der Waals surface area contributed by atoms with Crippen LogP contribution in [0.15, 0.2) is 47.5 Å². The van der Waals surface area contributed by atoms with Crippen molar-refractivity contribution in [1.82, 2.24) is 25.0 Å². The van der Waals surface area contributed by atoms with Crippen LogP contribution in [0.2, 0.25) is 5.02 Å². The number of hydrogen-bond donors (Lipinski definition) is 1. The van der Waals surface area contributed by atoms with E-state index in [1.807, 2.05) is 31.2 Å². The number of ether oxygens (including phenoxy) is 1. The molecule has 0 spiro atoms. The maximum atomic E-state index is 13.4. The number of carbonyl (C=O) groups excluding carboxylic acids is 5. The summed E-state index contributed by atoms with van der Waals surface area (Å²) in [6, 6.07) is 11.2. The van der Waals surface area contributed by atoms with Gasteiger partial charge in [-0.05, 0) is 69.9 Å². The SMILES string of the molecule is Cc1sc2c(c1C)C(c1ccc(Cl)cc1)=N[C@@H](CC(=O)CCCCCCCCCCCOc1cccc3c1C(=O)N(C1CCC(=O)NC1=O)C3=O)c1nnc(C)n1-2. The lowest BCUT2D eigenvalue weighted by molar-refractivity contribution is -0.136. The van der Waals surface area contributed by atoms with E-state index >= 15 is 0 Å². The highest BCUT2D eigenvalue weighted by atomic mass is 35.5. The fraction of sp³-hybridized carbons (Fsp3) is 0.442. The summed E-state index contributed by atoms with van der Waals surface area (Å²) in [5.74, 6) is -0.158. The number of rotatable bonds is 17. The third-order valence-corrected chi connectivity index (χ3v) is 12.5. The Kier molecular flexibility index (Phi) is 12.4. The summed E-state index contributed by atoms with van der Waals surface area (Å²) in [4.78, 5) is 71.1. The molecule has 1 N–H and O–H groups in total. The highest BCUT2D eigenvalue weighted by molar-refractivity contribution is 7.15. The number of fused-ring (bicyclic) bond motifs is 4. The summed E-state index contributed by atoms with van der Waals surface area (Å²) in [5, 5.41) is 12.8. The molecule has 2 aromatic heterocycles. The lowest BCUT2D eigenvalue weighted by Crippen LogP contribution is -2.54. The fourth-order valence-corrected chi connectivity index (χ4v) is 9.24. The van der Waals surface area contributed by atoms with Gasteiger partial charge in [-0.3, -0.25) is 43.7 Å². The molecule has 2 atom stereocenters. The third kappa shape index (κ3) is 8.50. The Morgan fingerprint density at radius 1 is 0.877 bits per heavy atom. The van der Waals surface area contributed by atoms with Gasteiger partial charge in [0.25, 0.3) is 11.8 Å². The minimum absolute atomic E-state index is 0.0722. The first kappa shape index (κ1) is 40.2. The van der Waals surface area contributed by atoms with Crippen molar-refractivity contribution in [2.45, 2.75) is 116 Å². The van der Waals surface area contributed by atoms with Crippen LogP contribution in [-0.2, 0) is 14.4 Å². The van der Waals surface area contributed by atoms with Crippen molar-refractivity contribution in [2.75, 3.05) is 6.61 Å². The van der Waals surface area contributed by atoms with Gasteiger partial charge in [-0.2, -0.15) is 0 Å². The molecule has 0 saturated carbocycles. The molecule has 4 aromatic rings. The number of halogens is 1. The number of aryl methyl sites for hydroxylation is 2. The normalized spacial score (nSPS) is 17.5. The van der Waals surface area contributed by atoms with E-state index in [1.54, 1.807) is 29.5 Å². The van der Waals surface area contributed by atoms with Crippen LogP contribution in [0.5, 0.6) is 5.75 Å². The van der Waals surface area contributed by atoms with Crippen LogP contribution in [0.4, 0.5) is 0 Å². The molecular formula is C43H47ClN6O6S. The second-order valence-corrected chi connectivity index (χ2v) is 16.7. The number of amides is 4. The Balaban J connectivity index is 0.819. The van der Waals surface area contributed by atoms with Gasteiger partial charge >= 0.3 is 0 Å². The van der Waals surface area contributed by atoms with Crippen LogP contribution < -0.4 is 10.1 Å². The van der Waals surface area contributed by atoms with Gasteiger partial charge in [-0.1, -0.05) is 74.7 Å². The summed E-state index contributed by atoms with van der Waals surface area (Å²) in [6.07, 6.45) is 10.1. The predicted molar refractivity (Wildman–Crippen MR) is 218 cm³/mol. The van der Waals surface area contributed by atoms with Gasteiger partial charge in [0, 0.05) is 40.3 Å². The van der Waals surface area contributed by atoms with Crippen LogP contribution in [-0.4, -0.2) is 67.4 Å². The molecule has 57 heavy (non-hydrogen) atoms. The van der Waals surface area contributed by atoms with E-state index < -0.39 is 35.7 Å². The molecule has 0 bridgehead atoms. The lowest BCUT2D eigenvalue weighted by atomic mass is 9.99. The lowest BCUT2D eigenvalue weighted by Gasteiger charge is -2.27. The number of unbranched alkanes of at least 4 members (excludes halogenated alkanes) is 8. The Hall–Kier alpha value is -5.01. The number of imide groups is 2. The smallest absolute Gasteiger partial charge is 0.266 e. The molecule has 1 unspecified atom stereocenters. The van der Waals surface area contributed by atoms with Gasteiger partial charge in [0.05, 0.1) is 23.4 Å². The van der Waals surface area contributed by atoms with E-state index in [0.29, 0.717) is 29.6 Å². The van der Waals surface area contributed by atoms with Crippen molar-refractivity contribution in [1.29, 1.82) is 0 Å². The molecule has 1 saturated heterocycles. The number of Topliss-reactive ketones (excluding diaryl/α,β-unsaturated/α-hetero) is 1. The fourth-order valence-electron chi connectivity index (χ4n) is 7.90. The number of aliphatic imine (C=N–C) groups is 1. The van der Waals surface area contributed by atoms with E-state index in [1.165, 1.54) is 4.88 Å². The molecule has 1 fully saturated rings. The number of hydrogen-bond acceptors (Lipinski definition) is 10. The minimum atomic E-state index is -1.01. The van der Waals surface area contributed by atoms with Crippen LogP contribution in [0.25, 0.3) is 5.00 Å². The summed E-state index contributed by atoms with van der Waals surface area (Å²) < 4.78 is 8.04. The van der Waals surface area contributed by atoms with Gasteiger partial charge in [-0.15, -0.1) is 21.5 Å². The molecule has 3 aliphatic rings. The van der Waals surface area contributed by atoms with E-state index in [0.717, 1.165) is 95.9 Å². The standard InChI is InChI=1S/C43H47ClN6O6S/c1-25-26(2)57-43-36(25)38(28-17-19-29(44)20-18-28)45-32(39-48-47-27(3)49(39)43)24-30(51)14-11-9-7-5-4-6-8-10-12-23-56-34-16-13-15-31-37(34)42(55)50(41(31)54)33-21-22-35(52)46-40(33)53/h13,15-20,32-33H,4-12,14,21-24H2,1-3H3,(H,46,52,53)/t32-,33?/m0/s1. The Labute approximate surface area is 341 Å². The number of carbonyl (C=O) groups is 5. The van der Waals surface area contributed by atoms with Crippen molar-refractivity contribution in [3.8, 4) is 10.8 Å². The van der Waals surface area contributed by atoms with Crippen LogP contribution in [0.3, 0.4) is 0 Å². The van der Waals surface area contributed by atoms with E-state index in [2.05, 4.69) is 33.9 Å². The first-order valence-corrected chi connectivity index (χ1v) is 21.1. The first-order chi connectivity index (χ1) is 27.5. The number of thiophene rings is 1. The van der Waals surface area contributed by atoms with Gasteiger partial charge in [0.1, 0.15) is 34.4 Å². The number of piperidine rings is 1. The Bertz CT molecular complexity index is 2240. The van der Waals surface area contributed by atoms with Crippen LogP contribution in [0, 0.1) is 20.8 Å². The number of aromatic nitrogens is 3. The van der Waals surface area contributed by atoms with Crippen molar-refractivity contribution in [2.24, 2.45) is 4.99 Å². The predicted octanol–water partition coefficient (Wildman–Crippen LogP) is 8.14. The summed E-state index contributed by atoms with van der Waals surface area (Å²) in [7, 11) is 0. The maximum absolute atomic E-state index is 13.4. The maximum Gasteiger partial charge on any atom is 0.266 e. The molecular weight excluding hydrogens is 764 g/mol. The molecule has 4 amide bonds. The van der Waals surface area contributed by atoms with Gasteiger partial charge in [0.2, 0.25) is 11.8 Å². The number of benzene rings is 2. The van der Waals surface area contributed by atoms with Crippen molar-refractivity contribution in [3.05, 3.63) is 91.8 Å². The highest BCUT2D eigenvalue weighted by Gasteiger charge is 2.46. The zero-order valence-corrected chi connectivity index (χ0v) is 34.1. The molecule has 14 heteroatoms. The van der Waals surface area contributed by atoms with Crippen molar-refractivity contribution in [3.63, 3.8) is 0 Å². The number of nitrogens with one attached hydrogen (secondary N) is 1. The Morgan fingerprint density at radius 3 is 2.30 bits per heavy atom. The third-order valence-electron chi connectivity index (χ3n) is 11.1. The van der Waals surface area contributed by atoms with Gasteiger partial charge in [-0.25, -0.2) is 0 Å². The van der Waals surface area contributed by atoms with Gasteiger partial charge in [0.15, 0.2) is 5.82 Å². The average molecular weight is 811 g/mol. The first-order valence-electron chi connectivity index (χ1n) is 19.9. The number of nitrogens with zero attached hydrogens (tertiary/aromatic N) is 5. The molecule has 2 aromatic carbocycles. The quantitative estimate of drug-likeness (QED) is 0.0829. The topological polar surface area (TPSA) is 153 Å². The van der Waals surface area contributed by atoms with E-state index in [9.17, 15) is 24.0 Å². The molecule has 7 rings (SSSR count). The molecule has 0 radical (unpaired) electrons. The molecule has 5 heterocycles. The summed E-state index contributed by atoms with van der Waals surface area (Å²) in [5.41, 5.74) is 4.42. The highest BCUT2D eigenvalue weighted by Crippen LogP contribution is 2.40. The van der Waals surface area contributed by atoms with E-state index in [-0.39, 0.29) is 36.2 Å². The summed E-state index contributed by atoms with van der Waals surface area (Å²) in [6.45, 7) is 6.58. The zero-order valence-electron chi connectivity index (χ0n) is 32.6. The second kappa shape index (κ2) is 17.6. The summed E-state index contributed by atoms with van der Waals surface area (Å²) >= 11 is 7.93. The van der Waals surface area contributed by atoms with E-state index in [4.69, 9.17) is 21.3 Å². The van der Waals surface area contributed by atoms with Crippen LogP contribution in [0.1, 0.15) is 143 Å². The molecule has 12 nitrogen and oxygen atoms in total. The minimum Gasteiger partial charge on any atom is -0.493 e. The number of ketones is 1. The molecule has 0 aliphatic carbocycles. The second-order valence-electron chi connectivity index (χ2n) is 15.1. The van der Waals surface area contributed by atoms with Crippen molar-refractivity contribution < 1.29 is 28.7 Å². The van der Waals surface area contributed by atoms with Crippen molar-refractivity contribution >= 4 is 58.1 Å². The van der Waals surface area contributed by atoms with Gasteiger partial charge < -0.3 is 4.74 Å². The Morgan fingerprint density at radius 2 is 1.58 bits per heavy atom.